The van der Waals surface area contributed by atoms with Crippen molar-refractivity contribution >= 4 is 11.8 Å². The summed E-state index contributed by atoms with van der Waals surface area (Å²) in [5.74, 6) is -0.676. The van der Waals surface area contributed by atoms with Crippen molar-refractivity contribution in [3.05, 3.63) is 71.3 Å². The van der Waals surface area contributed by atoms with Gasteiger partial charge in [0.05, 0.1) is 31.2 Å². The predicted molar refractivity (Wildman–Crippen MR) is 101 cm³/mol. The molecule has 2 unspecified atom stereocenters. The Hall–Kier alpha value is -2.91. The molecule has 3 N–H and O–H groups in total. The maximum Gasteiger partial charge on any atom is 0.416 e. The molecule has 2 amide bonds. The topological polar surface area (TPSA) is 79.5 Å². The van der Waals surface area contributed by atoms with Gasteiger partial charge >= 0.3 is 6.18 Å². The van der Waals surface area contributed by atoms with Crippen molar-refractivity contribution in [3.8, 4) is 0 Å². The SMILES string of the molecule is O=C1CC(C(=O)NC2(c3ccc(C(F)(F)F)cc3)COC2)NC(c2ccccc2)N1. The van der Waals surface area contributed by atoms with Gasteiger partial charge in [0.15, 0.2) is 0 Å². The summed E-state index contributed by atoms with van der Waals surface area (Å²) in [5.41, 5.74) is -0.342. The van der Waals surface area contributed by atoms with E-state index in [0.29, 0.717) is 5.56 Å². The second-order valence-electron chi connectivity index (χ2n) is 7.47. The number of hydrogen-bond donors (Lipinski definition) is 3. The molecule has 0 spiro atoms. The summed E-state index contributed by atoms with van der Waals surface area (Å²) in [7, 11) is 0. The van der Waals surface area contributed by atoms with Crippen LogP contribution in [0.3, 0.4) is 0 Å². The van der Waals surface area contributed by atoms with Gasteiger partial charge in [-0.25, -0.2) is 0 Å². The lowest BCUT2D eigenvalue weighted by Crippen LogP contribution is -2.64. The van der Waals surface area contributed by atoms with E-state index >= 15 is 0 Å². The summed E-state index contributed by atoms with van der Waals surface area (Å²) in [4.78, 5) is 25.1. The second kappa shape index (κ2) is 7.73. The van der Waals surface area contributed by atoms with E-state index < -0.39 is 35.4 Å². The van der Waals surface area contributed by atoms with Gasteiger partial charge in [-0.15, -0.1) is 0 Å². The normalized spacial score (nSPS) is 23.2. The van der Waals surface area contributed by atoms with Crippen LogP contribution >= 0.6 is 0 Å². The molecule has 4 rings (SSSR count). The molecule has 158 valence electrons. The molecule has 0 aromatic heterocycles. The van der Waals surface area contributed by atoms with Gasteiger partial charge in [0.25, 0.3) is 0 Å². The van der Waals surface area contributed by atoms with Crippen LogP contribution in [0.1, 0.15) is 29.3 Å². The number of nitrogens with one attached hydrogen (secondary N) is 3. The van der Waals surface area contributed by atoms with Crippen molar-refractivity contribution in [2.45, 2.75) is 30.3 Å². The molecule has 2 aromatic carbocycles. The Morgan fingerprint density at radius 1 is 1.07 bits per heavy atom. The number of ether oxygens (including phenoxy) is 1. The Morgan fingerprint density at radius 2 is 1.73 bits per heavy atom. The Bertz CT molecular complexity index is 928. The maximum atomic E-state index is 12.9. The monoisotopic (exact) mass is 419 g/mol. The lowest BCUT2D eigenvalue weighted by Gasteiger charge is -2.44. The van der Waals surface area contributed by atoms with E-state index in [0.717, 1.165) is 17.7 Å². The van der Waals surface area contributed by atoms with Crippen molar-refractivity contribution in [3.63, 3.8) is 0 Å². The Kier molecular flexibility index (Phi) is 5.25. The Balaban J connectivity index is 1.49. The molecule has 2 aliphatic rings. The van der Waals surface area contributed by atoms with Gasteiger partial charge in [0.2, 0.25) is 11.8 Å². The fraction of sp³-hybridized carbons (Fsp3) is 0.333. The van der Waals surface area contributed by atoms with E-state index in [1.807, 2.05) is 30.3 Å². The summed E-state index contributed by atoms with van der Waals surface area (Å²) >= 11 is 0. The summed E-state index contributed by atoms with van der Waals surface area (Å²) in [6, 6.07) is 13.1. The third kappa shape index (κ3) is 4.03. The molecule has 2 fully saturated rings. The first kappa shape index (κ1) is 20.4. The van der Waals surface area contributed by atoms with Crippen molar-refractivity contribution in [1.29, 1.82) is 0 Å². The Morgan fingerprint density at radius 3 is 2.30 bits per heavy atom. The van der Waals surface area contributed by atoms with E-state index in [9.17, 15) is 22.8 Å². The molecule has 2 heterocycles. The molecule has 9 heteroatoms. The number of rotatable bonds is 4. The van der Waals surface area contributed by atoms with Gasteiger partial charge in [-0.2, -0.15) is 13.2 Å². The molecule has 0 bridgehead atoms. The van der Waals surface area contributed by atoms with Crippen LogP contribution in [0.5, 0.6) is 0 Å². The van der Waals surface area contributed by atoms with Crippen LogP contribution in [0.25, 0.3) is 0 Å². The fourth-order valence-corrected chi connectivity index (χ4v) is 3.62. The lowest BCUT2D eigenvalue weighted by atomic mass is 9.86. The summed E-state index contributed by atoms with van der Waals surface area (Å²) in [6.45, 7) is 0.288. The first-order valence-corrected chi connectivity index (χ1v) is 9.45. The standard InChI is InChI=1S/C21H20F3N3O3/c22-21(23,24)15-8-6-14(7-9-15)20(11-30-12-20)27-19(29)16-10-17(28)26-18(25-16)13-4-2-1-3-5-13/h1-9,16,18,25H,10-12H2,(H,26,28)(H,27,29). The highest BCUT2D eigenvalue weighted by Crippen LogP contribution is 2.34. The van der Waals surface area contributed by atoms with Crippen LogP contribution in [-0.2, 0) is 26.0 Å². The zero-order valence-electron chi connectivity index (χ0n) is 15.8. The number of benzene rings is 2. The highest BCUT2D eigenvalue weighted by atomic mass is 19.4. The molecule has 2 aromatic rings. The van der Waals surface area contributed by atoms with Gasteiger partial charge in [0.1, 0.15) is 11.7 Å². The predicted octanol–water partition coefficient (Wildman–Crippen LogP) is 2.22. The molecule has 0 aliphatic carbocycles. The van der Waals surface area contributed by atoms with Gasteiger partial charge in [-0.05, 0) is 23.3 Å². The van der Waals surface area contributed by atoms with Gasteiger partial charge in [0, 0.05) is 0 Å². The minimum absolute atomic E-state index is 0.0425. The van der Waals surface area contributed by atoms with Crippen molar-refractivity contribution < 1.29 is 27.5 Å². The summed E-state index contributed by atoms with van der Waals surface area (Å²) < 4.78 is 43.8. The highest BCUT2D eigenvalue weighted by molar-refractivity contribution is 5.90. The number of halogens is 3. The quantitative estimate of drug-likeness (QED) is 0.710. The van der Waals surface area contributed by atoms with Crippen LogP contribution in [-0.4, -0.2) is 31.1 Å². The van der Waals surface area contributed by atoms with Crippen molar-refractivity contribution in [2.75, 3.05) is 13.2 Å². The third-order valence-corrected chi connectivity index (χ3v) is 5.34. The van der Waals surface area contributed by atoms with Crippen LogP contribution in [0.4, 0.5) is 13.2 Å². The number of alkyl halides is 3. The molecule has 2 atom stereocenters. The minimum Gasteiger partial charge on any atom is -0.376 e. The molecular formula is C21H20F3N3O3. The van der Waals surface area contributed by atoms with E-state index in [-0.39, 0.29) is 25.5 Å². The molecule has 2 aliphatic heterocycles. The largest absolute Gasteiger partial charge is 0.416 e. The summed E-state index contributed by atoms with van der Waals surface area (Å²) in [5, 5.41) is 8.80. The average molecular weight is 419 g/mol. The molecule has 6 nitrogen and oxygen atoms in total. The van der Waals surface area contributed by atoms with Gasteiger partial charge in [-0.1, -0.05) is 42.5 Å². The third-order valence-electron chi connectivity index (χ3n) is 5.34. The van der Waals surface area contributed by atoms with Crippen LogP contribution in [0.15, 0.2) is 54.6 Å². The number of amides is 2. The molecular weight excluding hydrogens is 399 g/mol. The second-order valence-corrected chi connectivity index (χ2v) is 7.47. The van der Waals surface area contributed by atoms with Crippen LogP contribution in [0, 0.1) is 0 Å². The number of carbonyl (C=O) groups excluding carboxylic acids is 2. The zero-order valence-corrected chi connectivity index (χ0v) is 15.8. The van der Waals surface area contributed by atoms with E-state index in [1.165, 1.54) is 12.1 Å². The maximum absolute atomic E-state index is 12.9. The smallest absolute Gasteiger partial charge is 0.376 e. The fourth-order valence-electron chi connectivity index (χ4n) is 3.62. The molecule has 30 heavy (non-hydrogen) atoms. The van der Waals surface area contributed by atoms with E-state index in [2.05, 4.69) is 16.0 Å². The first-order chi connectivity index (χ1) is 14.3. The molecule has 2 saturated heterocycles. The first-order valence-electron chi connectivity index (χ1n) is 9.45. The number of hydrogen-bond acceptors (Lipinski definition) is 4. The number of carbonyl (C=O) groups is 2. The van der Waals surface area contributed by atoms with E-state index in [1.54, 1.807) is 0 Å². The molecule has 0 saturated carbocycles. The van der Waals surface area contributed by atoms with E-state index in [4.69, 9.17) is 4.74 Å². The van der Waals surface area contributed by atoms with Crippen molar-refractivity contribution in [1.82, 2.24) is 16.0 Å². The van der Waals surface area contributed by atoms with Crippen LogP contribution < -0.4 is 16.0 Å². The van der Waals surface area contributed by atoms with Crippen LogP contribution in [0.2, 0.25) is 0 Å². The molecule has 0 radical (unpaired) electrons. The average Bonchev–Trinajstić information content (AvgIpc) is 2.70. The zero-order chi connectivity index (χ0) is 21.4. The lowest BCUT2D eigenvalue weighted by molar-refractivity contribution is -0.140. The van der Waals surface area contributed by atoms with Gasteiger partial charge in [-0.3, -0.25) is 14.9 Å². The van der Waals surface area contributed by atoms with Gasteiger partial charge < -0.3 is 15.4 Å². The minimum atomic E-state index is -4.43. The Labute approximate surface area is 170 Å². The summed E-state index contributed by atoms with van der Waals surface area (Å²) in [6.07, 6.45) is -4.99. The van der Waals surface area contributed by atoms with Crippen molar-refractivity contribution in [2.24, 2.45) is 0 Å². The highest BCUT2D eigenvalue weighted by Gasteiger charge is 2.44.